The molecule has 1 saturated heterocycles. The molecule has 0 aliphatic carbocycles. The molecule has 0 amide bonds. The number of carbonyl (C=O) groups is 1. The Morgan fingerprint density at radius 3 is 2.73 bits per heavy atom. The second kappa shape index (κ2) is 12.7. The summed E-state index contributed by atoms with van der Waals surface area (Å²) < 4.78 is 41.5. The summed E-state index contributed by atoms with van der Waals surface area (Å²) in [5, 5.41) is 14.2. The lowest BCUT2D eigenvalue weighted by molar-refractivity contribution is 0.167. The zero-order valence-corrected chi connectivity index (χ0v) is 26.6. The summed E-state index contributed by atoms with van der Waals surface area (Å²) in [6, 6.07) is 17.5. The Kier molecular flexibility index (Phi) is 8.67. The standard InChI is InChI=1S/C32H35N5O6S2/c1-20(2)14-16-37-30-23(10-6-15-33-30)28(38)27(31(37)39)29-34-25-13-12-22(18-26(25)45(41,42)36-29)24-11-7-17-44(35-24)32(40)43-19-21-8-4-3-5-9-21/h3-6,8-10,12-13,15,18,20,24,35,38,44H,7,11,14,16-17,19H2,1-2H3,(H,34,36). The molecule has 0 radical (unpaired) electrons. The molecule has 2 aliphatic heterocycles. The Labute approximate surface area is 263 Å². The van der Waals surface area contributed by atoms with Crippen LogP contribution in [0.3, 0.4) is 0 Å². The minimum Gasteiger partial charge on any atom is -0.506 e. The summed E-state index contributed by atoms with van der Waals surface area (Å²) in [6.07, 6.45) is 3.73. The van der Waals surface area contributed by atoms with Gasteiger partial charge in [-0.2, -0.15) is 8.42 Å². The van der Waals surface area contributed by atoms with Gasteiger partial charge in [-0.05, 0) is 66.3 Å². The average Bonchev–Trinajstić information content (AvgIpc) is 3.03. The highest BCUT2D eigenvalue weighted by Gasteiger charge is 2.32. The highest BCUT2D eigenvalue weighted by Crippen LogP contribution is 2.40. The zero-order valence-electron chi connectivity index (χ0n) is 24.9. The number of pyridine rings is 2. The summed E-state index contributed by atoms with van der Waals surface area (Å²) in [5.74, 6) is 0.346. The van der Waals surface area contributed by atoms with Crippen LogP contribution in [0.2, 0.25) is 0 Å². The molecular formula is C32H35N5O6S2. The summed E-state index contributed by atoms with van der Waals surface area (Å²) in [7, 11) is -4.26. The molecule has 0 bridgehead atoms. The average molecular weight is 650 g/mol. The first kappa shape index (κ1) is 30.8. The van der Waals surface area contributed by atoms with Crippen LogP contribution in [0, 0.1) is 5.92 Å². The minimum atomic E-state index is -4.26. The highest BCUT2D eigenvalue weighted by atomic mass is 32.2. The van der Waals surface area contributed by atoms with Crippen molar-refractivity contribution in [1.82, 2.24) is 14.3 Å². The fourth-order valence-electron chi connectivity index (χ4n) is 5.53. The van der Waals surface area contributed by atoms with Gasteiger partial charge >= 0.3 is 5.30 Å². The van der Waals surface area contributed by atoms with Crippen LogP contribution in [0.4, 0.5) is 10.5 Å². The number of aromatic nitrogens is 2. The first-order chi connectivity index (χ1) is 21.6. The molecule has 2 aromatic carbocycles. The van der Waals surface area contributed by atoms with Gasteiger partial charge in [0.1, 0.15) is 28.5 Å². The van der Waals surface area contributed by atoms with Gasteiger partial charge < -0.3 is 15.2 Å². The van der Waals surface area contributed by atoms with Gasteiger partial charge in [-0.25, -0.2) is 9.78 Å². The summed E-state index contributed by atoms with van der Waals surface area (Å²) in [5.41, 5.74) is 1.35. The molecule has 236 valence electrons. The molecule has 6 rings (SSSR count). The number of hydrogen-bond acceptors (Lipinski definition) is 9. The number of aromatic hydroxyl groups is 1. The van der Waals surface area contributed by atoms with Gasteiger partial charge in [0.05, 0.1) is 11.1 Å². The molecule has 2 atom stereocenters. The predicted octanol–water partition coefficient (Wildman–Crippen LogP) is 5.39. The highest BCUT2D eigenvalue weighted by molar-refractivity contribution is 8.28. The van der Waals surface area contributed by atoms with Crippen molar-refractivity contribution in [2.45, 2.75) is 57.2 Å². The normalized spacial score (nSPS) is 19.8. The lowest BCUT2D eigenvalue weighted by atomic mass is 10.0. The largest absolute Gasteiger partial charge is 0.506 e. The molecule has 4 aromatic rings. The molecule has 1 fully saturated rings. The number of amidine groups is 1. The smallest absolute Gasteiger partial charge is 0.359 e. The Balaban J connectivity index is 1.27. The number of ether oxygens (including phenoxy) is 1. The maximum absolute atomic E-state index is 13.7. The third-order valence-electron chi connectivity index (χ3n) is 7.92. The van der Waals surface area contributed by atoms with E-state index in [1.165, 1.54) is 4.57 Å². The number of benzene rings is 2. The van der Waals surface area contributed by atoms with Crippen molar-refractivity contribution in [3.63, 3.8) is 0 Å². The molecular weight excluding hydrogens is 615 g/mol. The molecule has 11 nitrogen and oxygen atoms in total. The molecule has 0 saturated carbocycles. The van der Waals surface area contributed by atoms with Crippen LogP contribution in [0.25, 0.3) is 11.0 Å². The lowest BCUT2D eigenvalue weighted by Crippen LogP contribution is -2.33. The van der Waals surface area contributed by atoms with Crippen LogP contribution < -0.4 is 15.6 Å². The number of anilines is 1. The zero-order chi connectivity index (χ0) is 31.7. The van der Waals surface area contributed by atoms with Gasteiger partial charge in [0.15, 0.2) is 5.84 Å². The van der Waals surface area contributed by atoms with E-state index in [1.807, 2.05) is 44.2 Å². The van der Waals surface area contributed by atoms with Crippen LogP contribution in [0.1, 0.15) is 55.8 Å². The third-order valence-corrected chi connectivity index (χ3v) is 11.2. The summed E-state index contributed by atoms with van der Waals surface area (Å²) in [6.45, 7) is 4.61. The van der Waals surface area contributed by atoms with E-state index in [0.29, 0.717) is 41.2 Å². The van der Waals surface area contributed by atoms with Crippen molar-refractivity contribution in [3.05, 3.63) is 93.9 Å². The van der Waals surface area contributed by atoms with Gasteiger partial charge in [-0.1, -0.05) is 50.2 Å². The van der Waals surface area contributed by atoms with E-state index in [9.17, 15) is 23.1 Å². The van der Waals surface area contributed by atoms with Crippen molar-refractivity contribution in [1.29, 1.82) is 0 Å². The van der Waals surface area contributed by atoms with Crippen LogP contribution in [0.15, 0.2) is 80.9 Å². The SMILES string of the molecule is CC(C)CCn1c(=O)c(C2=NS(=O)(=O)c3cc(C4CCC[SH](C(=O)OCc5ccccc5)N4)ccc3N2)c(O)c2cccnc21. The van der Waals surface area contributed by atoms with Crippen LogP contribution in [-0.2, 0) is 27.9 Å². The first-order valence-electron chi connectivity index (χ1n) is 14.8. The lowest BCUT2D eigenvalue weighted by Gasteiger charge is -2.33. The second-order valence-corrected chi connectivity index (χ2v) is 15.0. The van der Waals surface area contributed by atoms with Gasteiger partial charge in [-0.15, -0.1) is 15.5 Å². The topological polar surface area (TPSA) is 152 Å². The molecule has 45 heavy (non-hydrogen) atoms. The quantitative estimate of drug-likeness (QED) is 0.153. The number of nitrogens with zero attached hydrogens (tertiary/aromatic N) is 3. The van der Waals surface area contributed by atoms with E-state index in [2.05, 4.69) is 19.4 Å². The van der Waals surface area contributed by atoms with Crippen molar-refractivity contribution >= 4 is 49.0 Å². The predicted molar refractivity (Wildman–Crippen MR) is 177 cm³/mol. The van der Waals surface area contributed by atoms with Crippen LogP contribution in [-0.4, -0.2) is 40.0 Å². The van der Waals surface area contributed by atoms with Gasteiger partial charge in [0, 0.05) is 18.8 Å². The van der Waals surface area contributed by atoms with E-state index in [-0.39, 0.29) is 45.7 Å². The summed E-state index contributed by atoms with van der Waals surface area (Å²) >= 11 is -1.27. The fourth-order valence-corrected chi connectivity index (χ4v) is 8.47. The van der Waals surface area contributed by atoms with Gasteiger partial charge in [-0.3, -0.25) is 14.1 Å². The Morgan fingerprint density at radius 2 is 1.96 bits per heavy atom. The molecule has 4 heterocycles. The number of thiol groups is 1. The number of nitrogens with one attached hydrogen (secondary N) is 2. The Bertz CT molecular complexity index is 1960. The maximum Gasteiger partial charge on any atom is 0.359 e. The molecule has 0 spiro atoms. The Hall–Kier alpha value is -4.20. The van der Waals surface area contributed by atoms with Crippen molar-refractivity contribution in [2.24, 2.45) is 10.3 Å². The van der Waals surface area contributed by atoms with Crippen LogP contribution >= 0.6 is 11.1 Å². The van der Waals surface area contributed by atoms with Gasteiger partial charge in [0.25, 0.3) is 15.6 Å². The fraction of sp³-hybridized carbons (Fsp3) is 0.312. The van der Waals surface area contributed by atoms with E-state index in [1.54, 1.807) is 36.5 Å². The number of aryl methyl sites for hydroxylation is 1. The van der Waals surface area contributed by atoms with Gasteiger partial charge in [0.2, 0.25) is 0 Å². The molecule has 13 heteroatoms. The summed E-state index contributed by atoms with van der Waals surface area (Å²) in [4.78, 5) is 30.8. The number of sulfonamides is 1. The first-order valence-corrected chi connectivity index (χ1v) is 17.8. The monoisotopic (exact) mass is 649 g/mol. The number of fused-ring (bicyclic) bond motifs is 2. The molecule has 2 aromatic heterocycles. The van der Waals surface area contributed by atoms with Crippen molar-refractivity contribution in [3.8, 4) is 5.75 Å². The van der Waals surface area contributed by atoms with Crippen molar-refractivity contribution < 1.29 is 23.1 Å². The third kappa shape index (κ3) is 6.33. The second-order valence-electron chi connectivity index (χ2n) is 11.5. The van der Waals surface area contributed by atoms with Crippen molar-refractivity contribution in [2.75, 3.05) is 11.1 Å². The van der Waals surface area contributed by atoms with E-state index in [0.717, 1.165) is 18.4 Å². The van der Waals surface area contributed by atoms with E-state index >= 15 is 0 Å². The number of carbonyl (C=O) groups excluding carboxylic acids is 1. The molecule has 2 aliphatic rings. The van der Waals surface area contributed by atoms with Crippen LogP contribution in [0.5, 0.6) is 5.75 Å². The maximum atomic E-state index is 13.7. The van der Waals surface area contributed by atoms with E-state index in [4.69, 9.17) is 4.74 Å². The Morgan fingerprint density at radius 1 is 1.16 bits per heavy atom. The number of rotatable bonds is 7. The minimum absolute atomic E-state index is 0.0471. The molecule has 2 unspecified atom stereocenters. The molecule has 3 N–H and O–H groups in total. The van der Waals surface area contributed by atoms with E-state index < -0.39 is 26.7 Å². The number of hydrogen-bond donors (Lipinski definition) is 4.